The summed E-state index contributed by atoms with van der Waals surface area (Å²) in [6.45, 7) is 6.10. The lowest BCUT2D eigenvalue weighted by molar-refractivity contribution is 0.260. The first-order chi connectivity index (χ1) is 7.36. The van der Waals surface area contributed by atoms with Crippen LogP contribution in [0.2, 0.25) is 0 Å². The molecule has 0 bridgehead atoms. The molecule has 0 unspecified atom stereocenters. The van der Waals surface area contributed by atoms with Gasteiger partial charge in [-0.25, -0.2) is 0 Å². The van der Waals surface area contributed by atoms with Gasteiger partial charge in [-0.2, -0.15) is 0 Å². The zero-order valence-corrected chi connectivity index (χ0v) is 8.65. The summed E-state index contributed by atoms with van der Waals surface area (Å²) in [5, 5.41) is 9.19. The third-order valence-electron chi connectivity index (χ3n) is 2.54. The third-order valence-corrected chi connectivity index (χ3v) is 2.54. The summed E-state index contributed by atoms with van der Waals surface area (Å²) < 4.78 is 5.59. The van der Waals surface area contributed by atoms with Gasteiger partial charge in [-0.3, -0.25) is 0 Å². The predicted molar refractivity (Wildman–Crippen MR) is 60.3 cm³/mol. The quantitative estimate of drug-likeness (QED) is 0.760. The fourth-order valence-electron chi connectivity index (χ4n) is 1.84. The van der Waals surface area contributed by atoms with Crippen molar-refractivity contribution in [2.45, 2.75) is 6.61 Å². The number of ether oxygens (including phenoxy) is 1. The molecular formula is C12H15NO2. The number of anilines is 1. The van der Waals surface area contributed by atoms with E-state index in [0.717, 1.165) is 30.1 Å². The normalized spacial score (nSPS) is 14.3. The number of benzene rings is 1. The molecule has 0 aromatic heterocycles. The smallest absolute Gasteiger partial charge is 0.148 e. The molecular weight excluding hydrogens is 190 g/mol. The van der Waals surface area contributed by atoms with E-state index in [-0.39, 0.29) is 6.61 Å². The third kappa shape index (κ3) is 1.83. The SMILES string of the molecule is C=CCN1CCOc2c(CO)cccc21. The molecule has 0 saturated carbocycles. The van der Waals surface area contributed by atoms with Crippen molar-refractivity contribution in [3.05, 3.63) is 36.4 Å². The molecule has 1 N–H and O–H groups in total. The Bertz CT molecular complexity index is 363. The van der Waals surface area contributed by atoms with Crippen molar-refractivity contribution >= 4 is 5.69 Å². The molecule has 1 aliphatic heterocycles. The molecule has 0 atom stereocenters. The first-order valence-corrected chi connectivity index (χ1v) is 5.08. The van der Waals surface area contributed by atoms with Gasteiger partial charge < -0.3 is 14.7 Å². The van der Waals surface area contributed by atoms with Crippen LogP contribution in [0.4, 0.5) is 5.69 Å². The van der Waals surface area contributed by atoms with Crippen molar-refractivity contribution in [2.75, 3.05) is 24.6 Å². The molecule has 15 heavy (non-hydrogen) atoms. The van der Waals surface area contributed by atoms with E-state index < -0.39 is 0 Å². The van der Waals surface area contributed by atoms with Crippen LogP contribution in [0.3, 0.4) is 0 Å². The van der Waals surface area contributed by atoms with Crippen molar-refractivity contribution in [2.24, 2.45) is 0 Å². The summed E-state index contributed by atoms with van der Waals surface area (Å²) in [5.41, 5.74) is 1.90. The van der Waals surface area contributed by atoms with Crippen LogP contribution in [0.1, 0.15) is 5.56 Å². The monoisotopic (exact) mass is 205 g/mol. The highest BCUT2D eigenvalue weighted by Gasteiger charge is 2.19. The Morgan fingerprint density at radius 2 is 2.40 bits per heavy atom. The summed E-state index contributed by atoms with van der Waals surface area (Å²) in [7, 11) is 0. The van der Waals surface area contributed by atoms with Crippen LogP contribution >= 0.6 is 0 Å². The fraction of sp³-hybridized carbons (Fsp3) is 0.333. The summed E-state index contributed by atoms with van der Waals surface area (Å²) in [4.78, 5) is 2.20. The summed E-state index contributed by atoms with van der Waals surface area (Å²) >= 11 is 0. The molecule has 1 aromatic rings. The van der Waals surface area contributed by atoms with Gasteiger partial charge in [-0.05, 0) is 6.07 Å². The number of fused-ring (bicyclic) bond motifs is 1. The number of hydrogen-bond acceptors (Lipinski definition) is 3. The number of nitrogens with zero attached hydrogens (tertiary/aromatic N) is 1. The first-order valence-electron chi connectivity index (χ1n) is 5.08. The van der Waals surface area contributed by atoms with Gasteiger partial charge in [0.05, 0.1) is 18.8 Å². The minimum atomic E-state index is 0.0190. The fourth-order valence-corrected chi connectivity index (χ4v) is 1.84. The van der Waals surface area contributed by atoms with Crippen LogP contribution in [0.25, 0.3) is 0 Å². The van der Waals surface area contributed by atoms with Gasteiger partial charge in [-0.1, -0.05) is 18.2 Å². The molecule has 3 nitrogen and oxygen atoms in total. The second kappa shape index (κ2) is 4.36. The van der Waals surface area contributed by atoms with Crippen molar-refractivity contribution in [3.8, 4) is 5.75 Å². The van der Waals surface area contributed by atoms with Gasteiger partial charge >= 0.3 is 0 Å². The molecule has 0 saturated heterocycles. The number of rotatable bonds is 3. The second-order valence-electron chi connectivity index (χ2n) is 3.51. The van der Waals surface area contributed by atoms with E-state index in [9.17, 15) is 5.11 Å². The molecule has 1 aliphatic rings. The number of hydrogen-bond donors (Lipinski definition) is 1. The second-order valence-corrected chi connectivity index (χ2v) is 3.51. The Morgan fingerprint density at radius 3 is 3.13 bits per heavy atom. The molecule has 1 heterocycles. The molecule has 0 amide bonds. The van der Waals surface area contributed by atoms with Crippen LogP contribution in [-0.2, 0) is 6.61 Å². The van der Waals surface area contributed by atoms with Crippen LogP contribution in [0.15, 0.2) is 30.9 Å². The Hall–Kier alpha value is -1.48. The van der Waals surface area contributed by atoms with E-state index in [4.69, 9.17) is 4.74 Å². The van der Waals surface area contributed by atoms with Crippen molar-refractivity contribution in [3.63, 3.8) is 0 Å². The van der Waals surface area contributed by atoms with Gasteiger partial charge in [0.25, 0.3) is 0 Å². The zero-order valence-electron chi connectivity index (χ0n) is 8.65. The molecule has 1 aromatic carbocycles. The summed E-state index contributed by atoms with van der Waals surface area (Å²) in [6, 6.07) is 5.84. The van der Waals surface area contributed by atoms with Gasteiger partial charge in [0.1, 0.15) is 12.4 Å². The summed E-state index contributed by atoms with van der Waals surface area (Å²) in [6.07, 6.45) is 1.88. The molecule has 3 heteroatoms. The Labute approximate surface area is 89.6 Å². The van der Waals surface area contributed by atoms with E-state index in [1.54, 1.807) is 0 Å². The topological polar surface area (TPSA) is 32.7 Å². The molecule has 2 rings (SSSR count). The van der Waals surface area contributed by atoms with Crippen LogP contribution in [-0.4, -0.2) is 24.8 Å². The van der Waals surface area contributed by atoms with Crippen LogP contribution < -0.4 is 9.64 Å². The molecule has 80 valence electrons. The van der Waals surface area contributed by atoms with E-state index in [1.807, 2.05) is 24.3 Å². The maximum Gasteiger partial charge on any atom is 0.148 e. The predicted octanol–water partition coefficient (Wildman–Crippen LogP) is 1.56. The number of para-hydroxylation sites is 1. The lowest BCUT2D eigenvalue weighted by Crippen LogP contribution is -2.33. The highest BCUT2D eigenvalue weighted by molar-refractivity contribution is 5.63. The minimum Gasteiger partial charge on any atom is -0.489 e. The molecule has 0 fully saturated rings. The van der Waals surface area contributed by atoms with Gasteiger partial charge in [0.2, 0.25) is 0 Å². The summed E-state index contributed by atoms with van der Waals surface area (Å²) in [5.74, 6) is 0.813. The Balaban J connectivity index is 2.39. The van der Waals surface area contributed by atoms with Crippen LogP contribution in [0, 0.1) is 0 Å². The highest BCUT2D eigenvalue weighted by atomic mass is 16.5. The van der Waals surface area contributed by atoms with Crippen molar-refractivity contribution in [1.82, 2.24) is 0 Å². The molecule has 0 radical (unpaired) electrons. The van der Waals surface area contributed by atoms with Gasteiger partial charge in [0.15, 0.2) is 0 Å². The lowest BCUT2D eigenvalue weighted by Gasteiger charge is -2.31. The molecule has 0 spiro atoms. The molecule has 0 aliphatic carbocycles. The van der Waals surface area contributed by atoms with Crippen molar-refractivity contribution in [1.29, 1.82) is 0 Å². The average Bonchev–Trinajstić information content (AvgIpc) is 2.29. The Morgan fingerprint density at radius 1 is 1.53 bits per heavy atom. The average molecular weight is 205 g/mol. The van der Waals surface area contributed by atoms with Crippen molar-refractivity contribution < 1.29 is 9.84 Å². The van der Waals surface area contributed by atoms with E-state index in [1.165, 1.54) is 0 Å². The van der Waals surface area contributed by atoms with Crippen LogP contribution in [0.5, 0.6) is 5.75 Å². The van der Waals surface area contributed by atoms with Gasteiger partial charge in [-0.15, -0.1) is 6.58 Å². The minimum absolute atomic E-state index is 0.0190. The number of aliphatic hydroxyl groups is 1. The van der Waals surface area contributed by atoms with E-state index in [0.29, 0.717) is 6.61 Å². The maximum atomic E-state index is 9.19. The standard InChI is InChI=1S/C12H15NO2/c1-2-6-13-7-8-15-12-10(9-14)4-3-5-11(12)13/h2-5,14H,1,6-9H2. The number of aliphatic hydroxyl groups excluding tert-OH is 1. The zero-order chi connectivity index (χ0) is 10.7. The largest absolute Gasteiger partial charge is 0.489 e. The van der Waals surface area contributed by atoms with Gasteiger partial charge in [0, 0.05) is 12.1 Å². The van der Waals surface area contributed by atoms with E-state index >= 15 is 0 Å². The first kappa shape index (κ1) is 10.1. The van der Waals surface area contributed by atoms with E-state index in [2.05, 4.69) is 11.5 Å². The highest BCUT2D eigenvalue weighted by Crippen LogP contribution is 2.34. The Kier molecular flexibility index (Phi) is 2.92. The maximum absolute atomic E-state index is 9.19. The lowest BCUT2D eigenvalue weighted by atomic mass is 10.1.